The SMILES string of the molecule is O=S(=O)(O)c1ccc(-c2ccc3cc2N=N3)cc1. The molecule has 0 spiro atoms. The van der Waals surface area contributed by atoms with Crippen LogP contribution in [-0.2, 0) is 10.1 Å². The van der Waals surface area contributed by atoms with Crippen molar-refractivity contribution in [1.29, 1.82) is 0 Å². The highest BCUT2D eigenvalue weighted by atomic mass is 32.2. The standard InChI is InChI=1S/C12H8N2O3S/c15-18(16,17)10-4-1-8(2-5-10)11-6-3-9-7-12(11)14-13-9/h1-7H,(H,15,16,17). The molecule has 1 aliphatic heterocycles. The highest BCUT2D eigenvalue weighted by molar-refractivity contribution is 7.85. The maximum absolute atomic E-state index is 10.9. The summed E-state index contributed by atoms with van der Waals surface area (Å²) in [6.07, 6.45) is 0. The van der Waals surface area contributed by atoms with Crippen LogP contribution in [0.2, 0.25) is 0 Å². The van der Waals surface area contributed by atoms with Gasteiger partial charge in [-0.3, -0.25) is 4.55 Å². The van der Waals surface area contributed by atoms with Crippen LogP contribution in [0.25, 0.3) is 11.1 Å². The fourth-order valence-electron chi connectivity index (χ4n) is 1.83. The number of fused-ring (bicyclic) bond motifs is 2. The van der Waals surface area contributed by atoms with Gasteiger partial charge in [-0.15, -0.1) is 5.11 Å². The van der Waals surface area contributed by atoms with Gasteiger partial charge in [0.15, 0.2) is 0 Å². The highest BCUT2D eigenvalue weighted by Gasteiger charge is 2.12. The van der Waals surface area contributed by atoms with Crippen LogP contribution in [0, 0.1) is 0 Å². The highest BCUT2D eigenvalue weighted by Crippen LogP contribution is 2.38. The maximum atomic E-state index is 10.9. The van der Waals surface area contributed by atoms with Crippen LogP contribution in [0.4, 0.5) is 11.4 Å². The molecule has 1 aliphatic rings. The third kappa shape index (κ3) is 1.81. The van der Waals surface area contributed by atoms with Gasteiger partial charge in [-0.25, -0.2) is 0 Å². The lowest BCUT2D eigenvalue weighted by Gasteiger charge is -2.03. The van der Waals surface area contributed by atoms with Crippen molar-refractivity contribution >= 4 is 21.5 Å². The van der Waals surface area contributed by atoms with E-state index in [4.69, 9.17) is 4.55 Å². The summed E-state index contributed by atoms with van der Waals surface area (Å²) in [7, 11) is -4.15. The van der Waals surface area contributed by atoms with Gasteiger partial charge in [0.1, 0.15) is 0 Å². The molecule has 18 heavy (non-hydrogen) atoms. The van der Waals surface area contributed by atoms with Crippen molar-refractivity contribution in [1.82, 2.24) is 0 Å². The van der Waals surface area contributed by atoms with Crippen molar-refractivity contribution in [3.05, 3.63) is 42.5 Å². The smallest absolute Gasteiger partial charge is 0.282 e. The van der Waals surface area contributed by atoms with E-state index in [-0.39, 0.29) is 4.90 Å². The molecule has 0 aromatic heterocycles. The number of hydrogen-bond donors (Lipinski definition) is 1. The minimum absolute atomic E-state index is 0.124. The third-order valence-electron chi connectivity index (χ3n) is 2.72. The van der Waals surface area contributed by atoms with Gasteiger partial charge >= 0.3 is 0 Å². The molecule has 0 fully saturated rings. The van der Waals surface area contributed by atoms with Crippen LogP contribution < -0.4 is 0 Å². The van der Waals surface area contributed by atoms with Crippen molar-refractivity contribution in [2.75, 3.05) is 0 Å². The van der Waals surface area contributed by atoms with E-state index in [1.807, 2.05) is 18.2 Å². The molecule has 0 saturated heterocycles. The Kier molecular flexibility index (Phi) is 2.29. The maximum Gasteiger partial charge on any atom is 0.294 e. The van der Waals surface area contributed by atoms with Gasteiger partial charge in [0, 0.05) is 5.56 Å². The van der Waals surface area contributed by atoms with Gasteiger partial charge in [0.05, 0.1) is 16.3 Å². The third-order valence-corrected chi connectivity index (χ3v) is 3.59. The van der Waals surface area contributed by atoms with Crippen LogP contribution >= 0.6 is 0 Å². The van der Waals surface area contributed by atoms with Gasteiger partial charge in [-0.1, -0.05) is 12.1 Å². The van der Waals surface area contributed by atoms with E-state index in [1.54, 1.807) is 12.1 Å². The summed E-state index contributed by atoms with van der Waals surface area (Å²) in [6.45, 7) is 0. The van der Waals surface area contributed by atoms with E-state index in [9.17, 15) is 8.42 Å². The van der Waals surface area contributed by atoms with Crippen molar-refractivity contribution < 1.29 is 13.0 Å². The first kappa shape index (κ1) is 11.1. The van der Waals surface area contributed by atoms with Crippen molar-refractivity contribution in [2.24, 2.45) is 10.2 Å². The lowest BCUT2D eigenvalue weighted by Crippen LogP contribution is -1.97. The second-order valence-corrected chi connectivity index (χ2v) is 5.32. The number of benzene rings is 2. The molecule has 0 atom stereocenters. The van der Waals surface area contributed by atoms with Crippen LogP contribution in [0.5, 0.6) is 0 Å². The van der Waals surface area contributed by atoms with Crippen molar-refractivity contribution in [3.8, 4) is 11.1 Å². The zero-order chi connectivity index (χ0) is 12.8. The summed E-state index contributed by atoms with van der Waals surface area (Å²) in [5.74, 6) is 0. The molecule has 0 saturated carbocycles. The van der Waals surface area contributed by atoms with Crippen LogP contribution in [0.15, 0.2) is 57.6 Å². The Hall–Kier alpha value is -2.05. The average Bonchev–Trinajstić information content (AvgIpc) is 2.71. The van der Waals surface area contributed by atoms with Crippen molar-refractivity contribution in [2.45, 2.75) is 4.90 Å². The largest absolute Gasteiger partial charge is 0.294 e. The van der Waals surface area contributed by atoms with E-state index in [2.05, 4.69) is 10.2 Å². The van der Waals surface area contributed by atoms with E-state index in [0.29, 0.717) is 0 Å². The monoisotopic (exact) mass is 260 g/mol. The van der Waals surface area contributed by atoms with Gasteiger partial charge in [-0.05, 0) is 35.9 Å². The van der Waals surface area contributed by atoms with Gasteiger partial charge < -0.3 is 0 Å². The molecule has 0 amide bonds. The summed E-state index contributed by atoms with van der Waals surface area (Å²) in [5.41, 5.74) is 3.27. The Morgan fingerprint density at radius 1 is 0.944 bits per heavy atom. The predicted octanol–water partition coefficient (Wildman–Crippen LogP) is 3.33. The lowest BCUT2D eigenvalue weighted by molar-refractivity contribution is 0.483. The Bertz CT molecular complexity index is 749. The molecule has 2 bridgehead atoms. The Labute approximate surface area is 104 Å². The van der Waals surface area contributed by atoms with Crippen LogP contribution in [0.1, 0.15) is 0 Å². The topological polar surface area (TPSA) is 79.1 Å². The Morgan fingerprint density at radius 3 is 2.33 bits per heavy atom. The fourth-order valence-corrected chi connectivity index (χ4v) is 2.31. The number of nitrogens with zero attached hydrogens (tertiary/aromatic N) is 2. The van der Waals surface area contributed by atoms with Gasteiger partial charge in [-0.2, -0.15) is 13.5 Å². The molecular formula is C12H8N2O3S. The molecular weight excluding hydrogens is 252 g/mol. The summed E-state index contributed by atoms with van der Waals surface area (Å²) < 4.78 is 30.8. The first-order valence-electron chi connectivity index (χ1n) is 5.18. The van der Waals surface area contributed by atoms with E-state index in [0.717, 1.165) is 22.5 Å². The van der Waals surface area contributed by atoms with Gasteiger partial charge in [0.2, 0.25) is 0 Å². The summed E-state index contributed by atoms with van der Waals surface area (Å²) >= 11 is 0. The fraction of sp³-hybridized carbons (Fsp3) is 0. The minimum Gasteiger partial charge on any atom is -0.282 e. The number of hydrogen-bond acceptors (Lipinski definition) is 4. The van der Waals surface area contributed by atoms with Crippen molar-refractivity contribution in [3.63, 3.8) is 0 Å². The molecule has 2 aromatic carbocycles. The molecule has 0 aliphatic carbocycles. The second-order valence-electron chi connectivity index (χ2n) is 3.90. The van der Waals surface area contributed by atoms with Gasteiger partial charge in [0.25, 0.3) is 10.1 Å². The van der Waals surface area contributed by atoms with Crippen LogP contribution in [-0.4, -0.2) is 13.0 Å². The molecule has 0 unspecified atom stereocenters. The molecule has 1 N–H and O–H groups in total. The second kappa shape index (κ2) is 3.72. The average molecular weight is 260 g/mol. The lowest BCUT2D eigenvalue weighted by atomic mass is 10.0. The minimum atomic E-state index is -4.15. The molecule has 90 valence electrons. The molecule has 6 heteroatoms. The zero-order valence-electron chi connectivity index (χ0n) is 9.11. The molecule has 1 heterocycles. The van der Waals surface area contributed by atoms with Crippen LogP contribution in [0.3, 0.4) is 0 Å². The van der Waals surface area contributed by atoms with E-state index < -0.39 is 10.1 Å². The van der Waals surface area contributed by atoms with E-state index >= 15 is 0 Å². The normalized spacial score (nSPS) is 12.9. The Balaban J connectivity index is 2.07. The number of rotatable bonds is 2. The molecule has 2 aromatic rings. The first-order chi connectivity index (χ1) is 8.54. The zero-order valence-corrected chi connectivity index (χ0v) is 9.92. The molecule has 0 radical (unpaired) electrons. The Morgan fingerprint density at radius 2 is 1.67 bits per heavy atom. The first-order valence-corrected chi connectivity index (χ1v) is 6.62. The summed E-state index contributed by atoms with van der Waals surface area (Å²) in [6, 6.07) is 11.5. The summed E-state index contributed by atoms with van der Waals surface area (Å²) in [4.78, 5) is -0.124. The predicted molar refractivity (Wildman–Crippen MR) is 65.9 cm³/mol. The van der Waals surface area contributed by atoms with E-state index in [1.165, 1.54) is 12.1 Å². The molecule has 5 nitrogen and oxygen atoms in total. The quantitative estimate of drug-likeness (QED) is 0.718. The summed E-state index contributed by atoms with van der Waals surface area (Å²) in [5, 5.41) is 7.94. The molecule has 3 rings (SSSR count). The number of azo groups is 1.